The second-order valence-corrected chi connectivity index (χ2v) is 3.41. The van der Waals surface area contributed by atoms with E-state index in [1.54, 1.807) is 7.11 Å². The Bertz CT molecular complexity index is 238. The van der Waals surface area contributed by atoms with Crippen LogP contribution >= 0.6 is 0 Å². The summed E-state index contributed by atoms with van der Waals surface area (Å²) in [6.45, 7) is 3.69. The Morgan fingerprint density at radius 2 is 2.12 bits per heavy atom. The molecule has 0 spiro atoms. The Morgan fingerprint density at radius 3 is 2.56 bits per heavy atom. The van der Waals surface area contributed by atoms with Crippen LogP contribution in [0.15, 0.2) is 0 Å². The molecule has 0 aliphatic carbocycles. The summed E-state index contributed by atoms with van der Waals surface area (Å²) in [4.78, 5) is 13.0. The first kappa shape index (κ1) is 14.9. The molecule has 0 aromatic carbocycles. The van der Waals surface area contributed by atoms with E-state index in [2.05, 4.69) is 10.8 Å². The number of hydrogen-bond donors (Lipinski definition) is 0. The third-order valence-corrected chi connectivity index (χ3v) is 2.39. The molecule has 0 radical (unpaired) electrons. The largest absolute Gasteiger partial charge is 0.469 e. The minimum atomic E-state index is -0.254. The molecule has 0 aromatic heterocycles. The van der Waals surface area contributed by atoms with Gasteiger partial charge in [-0.1, -0.05) is 6.92 Å². The number of nitriles is 1. The van der Waals surface area contributed by atoms with Gasteiger partial charge in [-0.2, -0.15) is 5.26 Å². The van der Waals surface area contributed by atoms with E-state index in [-0.39, 0.29) is 12.0 Å². The molecule has 0 saturated heterocycles. The molecule has 0 rings (SSSR count). The van der Waals surface area contributed by atoms with Gasteiger partial charge in [0.2, 0.25) is 0 Å². The molecule has 1 unspecified atom stereocenters. The highest BCUT2D eigenvalue weighted by atomic mass is 16.5. The van der Waals surface area contributed by atoms with Crippen LogP contribution in [0.1, 0.15) is 19.8 Å². The van der Waals surface area contributed by atoms with Crippen molar-refractivity contribution < 1.29 is 14.3 Å². The second kappa shape index (κ2) is 9.13. The minimum absolute atomic E-state index is 0.167. The Balaban J connectivity index is 4.19. The van der Waals surface area contributed by atoms with E-state index in [1.807, 2.05) is 11.8 Å². The lowest BCUT2D eigenvalue weighted by atomic mass is 10.2. The normalized spacial score (nSPS) is 12.2. The summed E-state index contributed by atoms with van der Waals surface area (Å²) in [5.41, 5.74) is 0. The molecular formula is C11H20N2O3. The fraction of sp³-hybridized carbons (Fsp3) is 0.818. The zero-order valence-electron chi connectivity index (χ0n) is 10.2. The quantitative estimate of drug-likeness (QED) is 0.575. The van der Waals surface area contributed by atoms with Crippen molar-refractivity contribution in [2.75, 3.05) is 33.9 Å². The van der Waals surface area contributed by atoms with Crippen LogP contribution in [0.4, 0.5) is 0 Å². The number of esters is 1. The summed E-state index contributed by atoms with van der Waals surface area (Å²) >= 11 is 0. The van der Waals surface area contributed by atoms with Gasteiger partial charge >= 0.3 is 5.97 Å². The molecular weight excluding hydrogens is 208 g/mol. The van der Waals surface area contributed by atoms with E-state index in [0.29, 0.717) is 26.1 Å². The topological polar surface area (TPSA) is 62.6 Å². The van der Waals surface area contributed by atoms with Gasteiger partial charge in [-0.25, -0.2) is 0 Å². The van der Waals surface area contributed by atoms with Gasteiger partial charge in [-0.05, 0) is 6.42 Å². The van der Waals surface area contributed by atoms with Gasteiger partial charge < -0.3 is 9.47 Å². The number of hydrogen-bond acceptors (Lipinski definition) is 5. The first-order valence-electron chi connectivity index (χ1n) is 5.39. The Labute approximate surface area is 96.9 Å². The Kier molecular flexibility index (Phi) is 8.49. The average molecular weight is 228 g/mol. The maximum atomic E-state index is 11.0. The van der Waals surface area contributed by atoms with Crippen LogP contribution < -0.4 is 0 Å². The minimum Gasteiger partial charge on any atom is -0.469 e. The van der Waals surface area contributed by atoms with Crippen molar-refractivity contribution in [3.05, 3.63) is 0 Å². The summed E-state index contributed by atoms with van der Waals surface area (Å²) in [6, 6.07) is 2.05. The van der Waals surface area contributed by atoms with Crippen molar-refractivity contribution in [3.8, 4) is 6.07 Å². The van der Waals surface area contributed by atoms with Crippen molar-refractivity contribution in [3.63, 3.8) is 0 Å². The number of carbonyl (C=O) groups is 1. The fourth-order valence-electron chi connectivity index (χ4n) is 1.40. The maximum Gasteiger partial charge on any atom is 0.306 e. The van der Waals surface area contributed by atoms with Crippen molar-refractivity contribution in [1.82, 2.24) is 4.90 Å². The zero-order valence-corrected chi connectivity index (χ0v) is 10.2. The summed E-state index contributed by atoms with van der Waals surface area (Å²) in [5.74, 6) is -0.254. The Morgan fingerprint density at radius 1 is 1.44 bits per heavy atom. The molecule has 0 aliphatic rings. The summed E-state index contributed by atoms with van der Waals surface area (Å²) < 4.78 is 9.55. The maximum absolute atomic E-state index is 11.0. The lowest BCUT2D eigenvalue weighted by Crippen LogP contribution is -2.38. The zero-order chi connectivity index (χ0) is 12.4. The Hall–Kier alpha value is -1.12. The van der Waals surface area contributed by atoms with E-state index < -0.39 is 0 Å². The van der Waals surface area contributed by atoms with E-state index in [4.69, 9.17) is 10.00 Å². The van der Waals surface area contributed by atoms with Gasteiger partial charge in [0.15, 0.2) is 0 Å². The highest BCUT2D eigenvalue weighted by molar-refractivity contribution is 5.69. The van der Waals surface area contributed by atoms with E-state index in [0.717, 1.165) is 6.42 Å². The van der Waals surface area contributed by atoms with Gasteiger partial charge in [0.05, 0.1) is 32.2 Å². The SMILES string of the molecule is CCC(C#N)N(CCOC)CCC(=O)OC. The molecule has 0 aliphatic heterocycles. The second-order valence-electron chi connectivity index (χ2n) is 3.41. The molecule has 5 heteroatoms. The average Bonchev–Trinajstić information content (AvgIpc) is 2.32. The lowest BCUT2D eigenvalue weighted by Gasteiger charge is -2.25. The molecule has 0 saturated carbocycles. The number of methoxy groups -OCH3 is 2. The molecule has 0 bridgehead atoms. The number of ether oxygens (including phenoxy) is 2. The third-order valence-electron chi connectivity index (χ3n) is 2.39. The first-order valence-corrected chi connectivity index (χ1v) is 5.39. The van der Waals surface area contributed by atoms with Crippen LogP contribution in [0, 0.1) is 11.3 Å². The molecule has 0 fully saturated rings. The molecule has 16 heavy (non-hydrogen) atoms. The van der Waals surface area contributed by atoms with Crippen LogP contribution in [0.3, 0.4) is 0 Å². The van der Waals surface area contributed by atoms with Crippen LogP contribution in [-0.4, -0.2) is 50.8 Å². The van der Waals surface area contributed by atoms with Crippen molar-refractivity contribution >= 4 is 5.97 Å². The third kappa shape index (κ3) is 5.69. The monoisotopic (exact) mass is 228 g/mol. The molecule has 1 atom stereocenters. The van der Waals surface area contributed by atoms with E-state index in [9.17, 15) is 4.79 Å². The van der Waals surface area contributed by atoms with Crippen LogP contribution in [0.2, 0.25) is 0 Å². The van der Waals surface area contributed by atoms with Gasteiger partial charge in [0.25, 0.3) is 0 Å². The molecule has 0 aromatic rings. The highest BCUT2D eigenvalue weighted by Crippen LogP contribution is 2.04. The molecule has 0 amide bonds. The van der Waals surface area contributed by atoms with E-state index in [1.165, 1.54) is 7.11 Å². The van der Waals surface area contributed by atoms with Crippen LogP contribution in [0.25, 0.3) is 0 Å². The predicted molar refractivity (Wildman–Crippen MR) is 59.8 cm³/mol. The van der Waals surface area contributed by atoms with Gasteiger partial charge in [0.1, 0.15) is 0 Å². The summed E-state index contributed by atoms with van der Waals surface area (Å²) in [7, 11) is 2.98. The molecule has 0 heterocycles. The first-order chi connectivity index (χ1) is 7.69. The predicted octanol–water partition coefficient (Wildman–Crippen LogP) is 0.800. The highest BCUT2D eigenvalue weighted by Gasteiger charge is 2.16. The lowest BCUT2D eigenvalue weighted by molar-refractivity contribution is -0.141. The number of carbonyl (C=O) groups excluding carboxylic acids is 1. The standard InChI is InChI=1S/C11H20N2O3/c1-4-10(9-12)13(7-8-15-2)6-5-11(14)16-3/h10H,4-8H2,1-3H3. The van der Waals surface area contributed by atoms with Gasteiger partial charge in [0, 0.05) is 20.2 Å². The molecule has 5 nitrogen and oxygen atoms in total. The van der Waals surface area contributed by atoms with E-state index >= 15 is 0 Å². The van der Waals surface area contributed by atoms with Gasteiger partial charge in [-0.15, -0.1) is 0 Å². The summed E-state index contributed by atoms with van der Waals surface area (Å²) in [6.07, 6.45) is 1.04. The van der Waals surface area contributed by atoms with Crippen LogP contribution in [0.5, 0.6) is 0 Å². The van der Waals surface area contributed by atoms with Crippen molar-refractivity contribution in [1.29, 1.82) is 5.26 Å². The fourth-order valence-corrected chi connectivity index (χ4v) is 1.40. The molecule has 0 N–H and O–H groups in total. The van der Waals surface area contributed by atoms with Crippen molar-refractivity contribution in [2.45, 2.75) is 25.8 Å². The number of nitrogens with zero attached hydrogens (tertiary/aromatic N) is 2. The molecule has 92 valence electrons. The smallest absolute Gasteiger partial charge is 0.306 e. The van der Waals surface area contributed by atoms with Crippen molar-refractivity contribution in [2.24, 2.45) is 0 Å². The van der Waals surface area contributed by atoms with Gasteiger partial charge in [-0.3, -0.25) is 9.69 Å². The summed E-state index contributed by atoms with van der Waals surface area (Å²) in [5, 5.41) is 8.97. The van der Waals surface area contributed by atoms with Crippen LogP contribution in [-0.2, 0) is 14.3 Å². The number of rotatable bonds is 8.